The van der Waals surface area contributed by atoms with E-state index in [1.807, 2.05) is 0 Å². The Morgan fingerprint density at radius 1 is 0.987 bits per heavy atom. The van der Waals surface area contributed by atoms with Crippen LogP contribution in [0.5, 0.6) is 5.75 Å². The van der Waals surface area contributed by atoms with Crippen LogP contribution in [0.3, 0.4) is 0 Å². The minimum atomic E-state index is -2.43. The molecule has 0 saturated heterocycles. The SMILES string of the molecule is CC[C@H](C)[C@H](NC(=O)CN)C(=O)NCC(=O)N[C@H]1C[S+]([O-])c2[nH]c3c(CSCCNC(=O)OC(C)(C)C)c(O)ccc3c2C[C@@H](CO)NC(=O)[C@H]([C@@H](C)[C@@H](O)CO)NC(=O)C[C@@H](O)CNC(=O)[C@H](CC(N)=O)NC1=O. The van der Waals surface area contributed by atoms with Crippen molar-refractivity contribution in [2.24, 2.45) is 23.3 Å². The number of nitrogens with two attached hydrogens (primary N) is 2. The molecule has 18 N–H and O–H groups in total. The number of aromatic hydroxyl groups is 1. The molecule has 0 bridgehead atoms. The summed E-state index contributed by atoms with van der Waals surface area (Å²) in [6.45, 7) is 6.57. The molecule has 0 saturated carbocycles. The largest absolute Gasteiger partial charge is 0.610 e. The van der Waals surface area contributed by atoms with Crippen molar-refractivity contribution in [2.45, 2.75) is 126 Å². The molecule has 1 aliphatic rings. The van der Waals surface area contributed by atoms with E-state index in [-0.39, 0.29) is 46.1 Å². The molecule has 1 unspecified atom stereocenters. The summed E-state index contributed by atoms with van der Waals surface area (Å²) < 4.78 is 20.2. The van der Waals surface area contributed by atoms with Gasteiger partial charge in [-0.3, -0.25) is 38.4 Å². The van der Waals surface area contributed by atoms with Gasteiger partial charge in [0.1, 0.15) is 35.2 Å². The van der Waals surface area contributed by atoms with Crippen molar-refractivity contribution in [3.63, 3.8) is 0 Å². The molecule has 3 rings (SSSR count). The van der Waals surface area contributed by atoms with Crippen molar-refractivity contribution in [1.29, 1.82) is 0 Å². The number of rotatable bonds is 19. The third-order valence-corrected chi connectivity index (χ3v) is 14.2. The van der Waals surface area contributed by atoms with Gasteiger partial charge in [-0.2, -0.15) is 11.8 Å². The lowest BCUT2D eigenvalue weighted by molar-refractivity contribution is -0.134. The standard InChI is InChI=1S/C46H73N11O16S2/c1-7-22(2)37(56-35(65)15-47)42(69)51-17-36(66)53-30-21-75(72)44-27(26-8-9-31(61)28(39(26)57-44)20-74-11-10-49-45(71)73-46(4,5)6)12-24(18-58)52-43(70)38(23(3)32(62)19-59)55-34(64)13-25(60)16-50-40(67)29(14-33(48)63)54-41(30)68/h8-9,22-25,29-30,32,37-38,57-62H,7,10-21,47H2,1-6H3,(H2,48,63)(H,49,71)(H,50,67)(H,51,69)(H,52,70)(H,53,66)(H,54,68)(H,55,64)(H,56,65)/t22-,23-,24-,25+,29-,30-,32-,37-,38-,75?/m0/s1. The number of phenolic OH excluding ortho intramolecular Hbond substituents is 1. The van der Waals surface area contributed by atoms with Gasteiger partial charge < -0.3 is 93.8 Å². The van der Waals surface area contributed by atoms with Crippen LogP contribution in [0.2, 0.25) is 0 Å². The lowest BCUT2D eigenvalue weighted by atomic mass is 9.94. The summed E-state index contributed by atoms with van der Waals surface area (Å²) in [5.74, 6) is -9.95. The average molecular weight is 1100 g/mol. The number of nitrogens with one attached hydrogen (secondary N) is 9. The van der Waals surface area contributed by atoms with E-state index >= 15 is 0 Å². The number of aliphatic hydroxyl groups excluding tert-OH is 4. The number of phenols is 1. The van der Waals surface area contributed by atoms with Crippen LogP contribution in [-0.2, 0) is 66.4 Å². The Hall–Kier alpha value is -5.95. The Kier molecular flexibility index (Phi) is 25.3. The summed E-state index contributed by atoms with van der Waals surface area (Å²) in [6, 6.07) is -4.81. The molecule has 1 aromatic heterocycles. The van der Waals surface area contributed by atoms with E-state index < -0.39 is 176 Å². The highest BCUT2D eigenvalue weighted by Crippen LogP contribution is 2.36. The van der Waals surface area contributed by atoms with Gasteiger partial charge >= 0.3 is 6.09 Å². The lowest BCUT2D eigenvalue weighted by Crippen LogP contribution is -2.58. The molecule has 9 amide bonds. The minimum absolute atomic E-state index is 0.0937. The van der Waals surface area contributed by atoms with Gasteiger partial charge in [0.2, 0.25) is 52.3 Å². The van der Waals surface area contributed by atoms with Crippen LogP contribution in [-0.4, -0.2) is 187 Å². The van der Waals surface area contributed by atoms with Crippen LogP contribution in [0, 0.1) is 11.8 Å². The highest BCUT2D eigenvalue weighted by molar-refractivity contribution is 7.98. The molecule has 10 atom stereocenters. The molecular formula is C46H73N11O16S2. The number of thioether (sulfide) groups is 1. The Morgan fingerprint density at radius 2 is 1.68 bits per heavy atom. The molecule has 0 aliphatic carbocycles. The summed E-state index contributed by atoms with van der Waals surface area (Å²) >= 11 is -1.15. The number of alkyl carbamates (subject to hydrolysis) is 1. The number of hydrogen-bond acceptors (Lipinski definition) is 18. The van der Waals surface area contributed by atoms with Crippen LogP contribution >= 0.6 is 11.8 Å². The maximum absolute atomic E-state index is 14.9. The van der Waals surface area contributed by atoms with Gasteiger partial charge in [-0.15, -0.1) is 0 Å². The predicted octanol–water partition coefficient (Wildman–Crippen LogP) is -4.44. The fourth-order valence-corrected chi connectivity index (χ4v) is 9.81. The number of carbonyl (C=O) groups is 9. The third-order valence-electron chi connectivity index (χ3n) is 11.8. The van der Waals surface area contributed by atoms with E-state index in [2.05, 4.69) is 47.5 Å². The Bertz CT molecular complexity index is 2340. The highest BCUT2D eigenvalue weighted by Gasteiger charge is 2.37. The predicted molar refractivity (Wildman–Crippen MR) is 273 cm³/mol. The van der Waals surface area contributed by atoms with Crippen molar-refractivity contribution in [2.75, 3.05) is 50.9 Å². The molecule has 29 heteroatoms. The fraction of sp³-hybridized carbons (Fsp3) is 0.630. The van der Waals surface area contributed by atoms with E-state index in [1.165, 1.54) is 30.8 Å². The second-order valence-electron chi connectivity index (χ2n) is 19.0. The number of β-amino-alcohol motifs (C(OH)–C–C–N with tert-alkyl or cyclic N) is 1. The number of primary amides is 1. The number of fused-ring (bicyclic) bond motifs is 3. The molecule has 2 heterocycles. The fourth-order valence-electron chi connectivity index (χ4n) is 7.54. The topological polar surface area (TPSA) is 451 Å². The number of ether oxygens (including phenoxy) is 1. The lowest BCUT2D eigenvalue weighted by Gasteiger charge is -2.29. The first kappa shape index (κ1) is 63.3. The van der Waals surface area contributed by atoms with Gasteiger partial charge in [0.25, 0.3) is 0 Å². The zero-order chi connectivity index (χ0) is 56.3. The van der Waals surface area contributed by atoms with Crippen LogP contribution < -0.4 is 54.0 Å². The molecular weight excluding hydrogens is 1030 g/mol. The van der Waals surface area contributed by atoms with E-state index in [0.717, 1.165) is 0 Å². The highest BCUT2D eigenvalue weighted by atomic mass is 32.2. The zero-order valence-corrected chi connectivity index (χ0v) is 44.4. The first-order chi connectivity index (χ1) is 35.2. The molecule has 0 fully saturated rings. The molecule has 1 aliphatic heterocycles. The van der Waals surface area contributed by atoms with E-state index in [9.17, 15) is 73.2 Å². The summed E-state index contributed by atoms with van der Waals surface area (Å²) in [4.78, 5) is 122. The monoisotopic (exact) mass is 1100 g/mol. The Balaban J connectivity index is 2.21. The maximum Gasteiger partial charge on any atom is 0.407 e. The number of carbonyl (C=O) groups excluding carboxylic acids is 9. The number of amides is 9. The van der Waals surface area contributed by atoms with Crippen LogP contribution in [0.4, 0.5) is 4.79 Å². The quantitative estimate of drug-likeness (QED) is 0.0466. The Morgan fingerprint density at radius 3 is 2.29 bits per heavy atom. The van der Waals surface area contributed by atoms with E-state index in [1.54, 1.807) is 34.6 Å². The van der Waals surface area contributed by atoms with Crippen molar-refractivity contribution in [3.8, 4) is 5.75 Å². The molecule has 2 aromatic rings. The van der Waals surface area contributed by atoms with Gasteiger partial charge in [-0.05, 0) is 38.8 Å². The number of benzene rings is 1. The normalized spacial score (nSPS) is 22.1. The van der Waals surface area contributed by atoms with Gasteiger partial charge in [0.05, 0.1) is 62.9 Å². The summed E-state index contributed by atoms with van der Waals surface area (Å²) in [5.41, 5.74) is 10.8. The maximum atomic E-state index is 14.9. The second kappa shape index (κ2) is 30.0. The van der Waals surface area contributed by atoms with Crippen molar-refractivity contribution in [1.82, 2.24) is 47.5 Å². The van der Waals surface area contributed by atoms with E-state index in [0.29, 0.717) is 17.6 Å². The first-order valence-corrected chi connectivity index (χ1v) is 26.6. The summed E-state index contributed by atoms with van der Waals surface area (Å²) in [5, 5.41) is 72.8. The third kappa shape index (κ3) is 19.9. The molecule has 75 heavy (non-hydrogen) atoms. The molecule has 27 nitrogen and oxygen atoms in total. The van der Waals surface area contributed by atoms with Gasteiger partial charge in [0.15, 0.2) is 6.04 Å². The smallest absolute Gasteiger partial charge is 0.407 e. The molecule has 420 valence electrons. The summed E-state index contributed by atoms with van der Waals surface area (Å²) in [6.07, 6.45) is -5.35. The van der Waals surface area contributed by atoms with Crippen molar-refractivity contribution < 1.29 is 78.0 Å². The number of aliphatic hydroxyl groups is 4. The number of hydrogen-bond donors (Lipinski definition) is 16. The number of aromatic amines is 1. The van der Waals surface area contributed by atoms with Gasteiger partial charge in [-0.1, -0.05) is 27.2 Å². The molecule has 0 radical (unpaired) electrons. The molecule has 1 aromatic carbocycles. The molecule has 0 spiro atoms. The van der Waals surface area contributed by atoms with E-state index in [4.69, 9.17) is 16.2 Å². The first-order valence-electron chi connectivity index (χ1n) is 24.1. The number of H-pyrrole nitrogens is 1. The van der Waals surface area contributed by atoms with Crippen LogP contribution in [0.25, 0.3) is 10.9 Å². The van der Waals surface area contributed by atoms with Crippen LogP contribution in [0.1, 0.15) is 71.9 Å². The van der Waals surface area contributed by atoms with Crippen molar-refractivity contribution >= 4 is 87.2 Å². The van der Waals surface area contributed by atoms with Crippen molar-refractivity contribution in [3.05, 3.63) is 23.3 Å². The number of aromatic nitrogens is 1. The summed E-state index contributed by atoms with van der Waals surface area (Å²) in [7, 11) is 0. The van der Waals surface area contributed by atoms with Gasteiger partial charge in [0, 0.05) is 64.6 Å². The van der Waals surface area contributed by atoms with Gasteiger partial charge in [-0.25, -0.2) is 4.79 Å². The average Bonchev–Trinajstić information content (AvgIpc) is 3.71. The Labute approximate surface area is 440 Å². The zero-order valence-electron chi connectivity index (χ0n) is 42.7. The minimum Gasteiger partial charge on any atom is -0.610 e. The van der Waals surface area contributed by atoms with Crippen LogP contribution in [0.15, 0.2) is 17.2 Å². The second-order valence-corrected chi connectivity index (χ2v) is 21.5.